The second-order valence-electron chi connectivity index (χ2n) is 7.52. The van der Waals surface area contributed by atoms with E-state index >= 15 is 0 Å². The van der Waals surface area contributed by atoms with E-state index in [-0.39, 0.29) is 11.2 Å². The number of hydrogen-bond donors (Lipinski definition) is 2. The molecule has 0 amide bonds. The number of aliphatic imine (C=N–C) groups is 1. The van der Waals surface area contributed by atoms with E-state index in [1.54, 1.807) is 0 Å². The molecule has 1 rings (SSSR count). The number of guanidine groups is 1. The highest BCUT2D eigenvalue weighted by molar-refractivity contribution is 7.90. The smallest absolute Gasteiger partial charge is 0.191 e. The molecule has 25 heavy (non-hydrogen) atoms. The van der Waals surface area contributed by atoms with Gasteiger partial charge in [0.1, 0.15) is 9.84 Å². The van der Waals surface area contributed by atoms with Crippen molar-refractivity contribution in [2.75, 3.05) is 25.1 Å². The van der Waals surface area contributed by atoms with Crippen molar-refractivity contribution in [1.29, 1.82) is 0 Å². The average Bonchev–Trinajstić information content (AvgIpc) is 2.49. The van der Waals surface area contributed by atoms with Crippen LogP contribution in [0.3, 0.4) is 0 Å². The van der Waals surface area contributed by atoms with Crippen LogP contribution in [0.1, 0.15) is 43.9 Å². The number of nitrogens with zero attached hydrogens (tertiary/aromatic N) is 1. The lowest BCUT2D eigenvalue weighted by molar-refractivity contribution is 0.348. The minimum Gasteiger partial charge on any atom is -0.357 e. The zero-order valence-electron chi connectivity index (χ0n) is 16.4. The normalized spacial score (nSPS) is 13.0. The predicted molar refractivity (Wildman–Crippen MR) is 107 cm³/mol. The van der Waals surface area contributed by atoms with Crippen LogP contribution >= 0.6 is 0 Å². The first-order valence-corrected chi connectivity index (χ1v) is 10.8. The average molecular weight is 368 g/mol. The molecule has 0 aliphatic rings. The van der Waals surface area contributed by atoms with Crippen LogP contribution in [-0.4, -0.2) is 39.5 Å². The Balaban J connectivity index is 2.69. The van der Waals surface area contributed by atoms with Crippen LogP contribution in [0.4, 0.5) is 0 Å². The summed E-state index contributed by atoms with van der Waals surface area (Å²) in [6, 6.07) is 6.39. The number of benzene rings is 1. The Kier molecular flexibility index (Phi) is 7.93. The maximum absolute atomic E-state index is 11.4. The van der Waals surface area contributed by atoms with Crippen molar-refractivity contribution in [3.05, 3.63) is 34.9 Å². The maximum Gasteiger partial charge on any atom is 0.191 e. The largest absolute Gasteiger partial charge is 0.357 e. The lowest BCUT2D eigenvalue weighted by atomic mass is 9.90. The van der Waals surface area contributed by atoms with Gasteiger partial charge in [-0.2, -0.15) is 0 Å². The summed E-state index contributed by atoms with van der Waals surface area (Å²) in [6.45, 7) is 12.4. The fraction of sp³-hybridized carbons (Fsp3) is 0.632. The molecule has 0 aliphatic carbocycles. The molecule has 0 spiro atoms. The SMILES string of the molecule is CCNC(=NCc1ccc(C)cc1C)NCC(C)(C)CCS(C)(=O)=O. The molecule has 142 valence electrons. The molecule has 1 aromatic carbocycles. The Morgan fingerprint density at radius 2 is 1.88 bits per heavy atom. The first kappa shape index (κ1) is 21.5. The quantitative estimate of drug-likeness (QED) is 0.547. The van der Waals surface area contributed by atoms with Crippen LogP contribution in [0.5, 0.6) is 0 Å². The molecule has 2 N–H and O–H groups in total. The molecule has 0 unspecified atom stereocenters. The first-order chi connectivity index (χ1) is 11.5. The number of sulfone groups is 1. The Morgan fingerprint density at radius 1 is 1.20 bits per heavy atom. The van der Waals surface area contributed by atoms with E-state index < -0.39 is 9.84 Å². The van der Waals surface area contributed by atoms with Crippen molar-refractivity contribution in [2.45, 2.75) is 47.6 Å². The molecule has 0 saturated heterocycles. The Labute approximate surface area is 153 Å². The van der Waals surface area contributed by atoms with Crippen LogP contribution in [0.25, 0.3) is 0 Å². The van der Waals surface area contributed by atoms with Crippen molar-refractivity contribution >= 4 is 15.8 Å². The standard InChI is InChI=1S/C19H33N3O2S/c1-7-20-18(21-13-17-9-8-15(2)12-16(17)3)22-14-19(4,5)10-11-25(6,23)24/h8-9,12H,7,10-11,13-14H2,1-6H3,(H2,20,21,22). The lowest BCUT2D eigenvalue weighted by Gasteiger charge is -2.25. The predicted octanol–water partition coefficient (Wildman–Crippen LogP) is 2.82. The highest BCUT2D eigenvalue weighted by Crippen LogP contribution is 2.19. The Bertz CT molecular complexity index is 695. The Hall–Kier alpha value is -1.56. The summed E-state index contributed by atoms with van der Waals surface area (Å²) in [4.78, 5) is 4.66. The monoisotopic (exact) mass is 367 g/mol. The van der Waals surface area contributed by atoms with Gasteiger partial charge in [0.15, 0.2) is 5.96 Å². The summed E-state index contributed by atoms with van der Waals surface area (Å²) < 4.78 is 22.8. The topological polar surface area (TPSA) is 70.6 Å². The minimum absolute atomic E-state index is 0.126. The molecule has 0 aliphatic heterocycles. The third-order valence-electron chi connectivity index (χ3n) is 4.13. The molecule has 1 aromatic rings. The van der Waals surface area contributed by atoms with Crippen LogP contribution in [-0.2, 0) is 16.4 Å². The molecule has 0 radical (unpaired) electrons. The molecule has 0 bridgehead atoms. The molecule has 0 atom stereocenters. The molecular formula is C19H33N3O2S. The zero-order valence-corrected chi connectivity index (χ0v) is 17.3. The van der Waals surface area contributed by atoms with E-state index in [1.165, 1.54) is 22.9 Å². The van der Waals surface area contributed by atoms with E-state index in [4.69, 9.17) is 0 Å². The summed E-state index contributed by atoms with van der Waals surface area (Å²) in [7, 11) is -2.93. The third-order valence-corrected chi connectivity index (χ3v) is 5.08. The van der Waals surface area contributed by atoms with Gasteiger partial charge in [-0.15, -0.1) is 0 Å². The minimum atomic E-state index is -2.93. The fourth-order valence-corrected chi connectivity index (χ4v) is 3.33. The highest BCUT2D eigenvalue weighted by Gasteiger charge is 2.20. The Morgan fingerprint density at radius 3 is 2.44 bits per heavy atom. The van der Waals surface area contributed by atoms with Crippen LogP contribution < -0.4 is 10.6 Å². The van der Waals surface area contributed by atoms with E-state index in [0.29, 0.717) is 19.5 Å². The zero-order chi connectivity index (χ0) is 19.1. The molecule has 6 heteroatoms. The van der Waals surface area contributed by atoms with Gasteiger partial charge in [0.25, 0.3) is 0 Å². The first-order valence-electron chi connectivity index (χ1n) is 8.78. The molecule has 0 heterocycles. The summed E-state index contributed by atoms with van der Waals surface area (Å²) in [6.07, 6.45) is 1.90. The van der Waals surface area contributed by atoms with Crippen molar-refractivity contribution < 1.29 is 8.42 Å². The molecule has 0 aromatic heterocycles. The number of hydrogen-bond acceptors (Lipinski definition) is 3. The summed E-state index contributed by atoms with van der Waals surface area (Å²) in [5.74, 6) is 0.965. The molecular weight excluding hydrogens is 334 g/mol. The van der Waals surface area contributed by atoms with Gasteiger partial charge in [-0.05, 0) is 43.7 Å². The van der Waals surface area contributed by atoms with Gasteiger partial charge in [-0.3, -0.25) is 0 Å². The second kappa shape index (κ2) is 9.22. The lowest BCUT2D eigenvalue weighted by Crippen LogP contribution is -2.42. The van der Waals surface area contributed by atoms with Gasteiger partial charge in [0.05, 0.1) is 12.3 Å². The van der Waals surface area contributed by atoms with Gasteiger partial charge in [-0.1, -0.05) is 37.6 Å². The fourth-order valence-electron chi connectivity index (χ4n) is 2.40. The van der Waals surface area contributed by atoms with E-state index in [1.807, 2.05) is 6.92 Å². The van der Waals surface area contributed by atoms with E-state index in [9.17, 15) is 8.42 Å². The van der Waals surface area contributed by atoms with Crippen molar-refractivity contribution in [3.8, 4) is 0 Å². The maximum atomic E-state index is 11.4. The second-order valence-corrected chi connectivity index (χ2v) is 9.78. The summed E-state index contributed by atoms with van der Waals surface area (Å²) in [5, 5.41) is 6.59. The van der Waals surface area contributed by atoms with Gasteiger partial charge in [0.2, 0.25) is 0 Å². The summed E-state index contributed by atoms with van der Waals surface area (Å²) in [5.41, 5.74) is 3.58. The van der Waals surface area contributed by atoms with Crippen molar-refractivity contribution in [1.82, 2.24) is 10.6 Å². The van der Waals surface area contributed by atoms with Gasteiger partial charge >= 0.3 is 0 Å². The van der Waals surface area contributed by atoms with Gasteiger partial charge < -0.3 is 10.6 Å². The molecule has 5 nitrogen and oxygen atoms in total. The molecule has 0 fully saturated rings. The van der Waals surface area contributed by atoms with Crippen LogP contribution in [0, 0.1) is 19.3 Å². The highest BCUT2D eigenvalue weighted by atomic mass is 32.2. The molecule has 0 saturated carbocycles. The summed E-state index contributed by atoms with van der Waals surface area (Å²) >= 11 is 0. The number of rotatable bonds is 8. The number of nitrogens with one attached hydrogen (secondary N) is 2. The van der Waals surface area contributed by atoms with Crippen LogP contribution in [0.2, 0.25) is 0 Å². The number of aryl methyl sites for hydroxylation is 2. The van der Waals surface area contributed by atoms with Crippen molar-refractivity contribution in [2.24, 2.45) is 10.4 Å². The van der Waals surface area contributed by atoms with E-state index in [0.717, 1.165) is 12.5 Å². The van der Waals surface area contributed by atoms with Gasteiger partial charge in [0, 0.05) is 19.3 Å². The van der Waals surface area contributed by atoms with E-state index in [2.05, 4.69) is 61.5 Å². The van der Waals surface area contributed by atoms with Crippen LogP contribution in [0.15, 0.2) is 23.2 Å². The van der Waals surface area contributed by atoms with Gasteiger partial charge in [-0.25, -0.2) is 13.4 Å². The van der Waals surface area contributed by atoms with Crippen molar-refractivity contribution in [3.63, 3.8) is 0 Å². The third kappa shape index (κ3) is 8.91.